The summed E-state index contributed by atoms with van der Waals surface area (Å²) in [6.45, 7) is 4.41. The van der Waals surface area contributed by atoms with Crippen molar-refractivity contribution in [3.8, 4) is 0 Å². The van der Waals surface area contributed by atoms with Gasteiger partial charge in [0.2, 0.25) is 0 Å². The molecule has 1 N–H and O–H groups in total. The average molecular weight is 181 g/mol. The van der Waals surface area contributed by atoms with Crippen molar-refractivity contribution >= 4 is 17.4 Å². The van der Waals surface area contributed by atoms with Gasteiger partial charge < -0.3 is 5.32 Å². The molecule has 0 aliphatic rings. The molecule has 0 radical (unpaired) electrons. The number of anilines is 1. The molecule has 1 aromatic carbocycles. The van der Waals surface area contributed by atoms with Gasteiger partial charge in [0.05, 0.1) is 0 Å². The Morgan fingerprint density at radius 3 is 2.67 bits per heavy atom. The highest BCUT2D eigenvalue weighted by Gasteiger charge is 1.97. The zero-order valence-corrected chi connectivity index (χ0v) is 8.61. The lowest BCUT2D eigenvalue weighted by Crippen LogP contribution is -1.89. The molecule has 0 fully saturated rings. The Bertz CT molecular complexity index is 245. The Hall–Kier alpha value is -0.630. The Morgan fingerprint density at radius 1 is 1.33 bits per heavy atom. The summed E-state index contributed by atoms with van der Waals surface area (Å²) in [6.07, 6.45) is 0. The quantitative estimate of drug-likeness (QED) is 0.718. The van der Waals surface area contributed by atoms with E-state index in [1.807, 2.05) is 18.8 Å². The van der Waals surface area contributed by atoms with Crippen LogP contribution in [0.1, 0.15) is 13.8 Å². The third-order valence-corrected chi connectivity index (χ3v) is 2.49. The van der Waals surface area contributed by atoms with Gasteiger partial charge in [-0.2, -0.15) is 0 Å². The van der Waals surface area contributed by atoms with Crippen molar-refractivity contribution in [2.45, 2.75) is 24.0 Å². The van der Waals surface area contributed by atoms with Crippen LogP contribution in [0.25, 0.3) is 0 Å². The van der Waals surface area contributed by atoms with Gasteiger partial charge in [-0.25, -0.2) is 0 Å². The molecule has 0 saturated carbocycles. The van der Waals surface area contributed by atoms with Crippen molar-refractivity contribution in [2.24, 2.45) is 0 Å². The molecule has 0 atom stereocenters. The SMILES string of the molecule is CNc1cccc(SC(C)C)c1. The zero-order chi connectivity index (χ0) is 8.97. The van der Waals surface area contributed by atoms with Gasteiger partial charge in [-0.3, -0.25) is 0 Å². The van der Waals surface area contributed by atoms with Crippen LogP contribution in [-0.2, 0) is 0 Å². The summed E-state index contributed by atoms with van der Waals surface area (Å²) in [4.78, 5) is 1.33. The number of hydrogen-bond donors (Lipinski definition) is 1. The Kier molecular flexibility index (Phi) is 3.48. The number of benzene rings is 1. The van der Waals surface area contributed by atoms with Crippen molar-refractivity contribution in [1.82, 2.24) is 0 Å². The van der Waals surface area contributed by atoms with Crippen LogP contribution in [0.3, 0.4) is 0 Å². The molecule has 2 heteroatoms. The van der Waals surface area contributed by atoms with E-state index >= 15 is 0 Å². The molecule has 12 heavy (non-hydrogen) atoms. The van der Waals surface area contributed by atoms with E-state index < -0.39 is 0 Å². The fourth-order valence-electron chi connectivity index (χ4n) is 0.997. The minimum absolute atomic E-state index is 0.650. The fourth-order valence-corrected chi connectivity index (χ4v) is 1.89. The van der Waals surface area contributed by atoms with Crippen LogP contribution >= 0.6 is 11.8 Å². The minimum Gasteiger partial charge on any atom is -0.388 e. The highest BCUT2D eigenvalue weighted by Crippen LogP contribution is 2.24. The molecule has 1 nitrogen and oxygen atoms in total. The van der Waals surface area contributed by atoms with E-state index in [0.717, 1.165) is 0 Å². The average Bonchev–Trinajstić information content (AvgIpc) is 2.03. The summed E-state index contributed by atoms with van der Waals surface area (Å²) < 4.78 is 0. The van der Waals surface area contributed by atoms with Crippen molar-refractivity contribution < 1.29 is 0 Å². The normalized spacial score (nSPS) is 10.3. The van der Waals surface area contributed by atoms with E-state index in [2.05, 4.69) is 43.4 Å². The molecule has 0 saturated heterocycles. The highest BCUT2D eigenvalue weighted by atomic mass is 32.2. The maximum Gasteiger partial charge on any atom is 0.0348 e. The first-order valence-corrected chi connectivity index (χ1v) is 5.05. The Labute approximate surface area is 78.6 Å². The highest BCUT2D eigenvalue weighted by molar-refractivity contribution is 7.99. The summed E-state index contributed by atoms with van der Waals surface area (Å²) >= 11 is 1.89. The van der Waals surface area contributed by atoms with Crippen molar-refractivity contribution in [3.05, 3.63) is 24.3 Å². The third-order valence-electron chi connectivity index (χ3n) is 1.49. The second-order valence-electron chi connectivity index (χ2n) is 2.94. The fraction of sp³-hybridized carbons (Fsp3) is 0.400. The molecule has 0 amide bonds. The zero-order valence-electron chi connectivity index (χ0n) is 7.79. The maximum absolute atomic E-state index is 3.13. The molecule has 1 rings (SSSR count). The molecule has 0 bridgehead atoms. The Balaban J connectivity index is 2.72. The molecular weight excluding hydrogens is 166 g/mol. The third kappa shape index (κ3) is 2.78. The number of thioether (sulfide) groups is 1. The van der Waals surface area contributed by atoms with E-state index in [1.54, 1.807) is 0 Å². The second-order valence-corrected chi connectivity index (χ2v) is 4.59. The molecule has 0 heterocycles. The van der Waals surface area contributed by atoms with Gasteiger partial charge >= 0.3 is 0 Å². The molecule has 0 spiro atoms. The predicted octanol–water partition coefficient (Wildman–Crippen LogP) is 3.23. The second kappa shape index (κ2) is 4.41. The summed E-state index contributed by atoms with van der Waals surface area (Å²) in [6, 6.07) is 8.47. The first-order chi connectivity index (χ1) is 5.72. The van der Waals surface area contributed by atoms with E-state index in [4.69, 9.17) is 0 Å². The lowest BCUT2D eigenvalue weighted by molar-refractivity contribution is 1.11. The first kappa shape index (κ1) is 9.46. The molecule has 1 aromatic rings. The van der Waals surface area contributed by atoms with E-state index in [-0.39, 0.29) is 0 Å². The molecule has 0 aromatic heterocycles. The van der Waals surface area contributed by atoms with Crippen LogP contribution in [0.2, 0.25) is 0 Å². The minimum atomic E-state index is 0.650. The van der Waals surface area contributed by atoms with Gasteiger partial charge in [0, 0.05) is 22.9 Å². The Morgan fingerprint density at radius 2 is 2.08 bits per heavy atom. The lowest BCUT2D eigenvalue weighted by Gasteiger charge is -2.06. The van der Waals surface area contributed by atoms with Crippen molar-refractivity contribution in [1.29, 1.82) is 0 Å². The lowest BCUT2D eigenvalue weighted by atomic mass is 10.3. The van der Waals surface area contributed by atoms with Gasteiger partial charge in [0.1, 0.15) is 0 Å². The molecule has 0 aliphatic heterocycles. The summed E-state index contributed by atoms with van der Waals surface area (Å²) in [5.74, 6) is 0. The monoisotopic (exact) mass is 181 g/mol. The van der Waals surface area contributed by atoms with Crippen LogP contribution in [0.4, 0.5) is 5.69 Å². The van der Waals surface area contributed by atoms with Crippen LogP contribution in [0.15, 0.2) is 29.2 Å². The molecule has 0 unspecified atom stereocenters. The smallest absolute Gasteiger partial charge is 0.0348 e. The van der Waals surface area contributed by atoms with Gasteiger partial charge in [-0.1, -0.05) is 19.9 Å². The van der Waals surface area contributed by atoms with Gasteiger partial charge in [-0.15, -0.1) is 11.8 Å². The topological polar surface area (TPSA) is 12.0 Å². The van der Waals surface area contributed by atoms with Crippen LogP contribution in [-0.4, -0.2) is 12.3 Å². The number of nitrogens with one attached hydrogen (secondary N) is 1. The molecular formula is C10H15NS. The van der Waals surface area contributed by atoms with Gasteiger partial charge in [0.15, 0.2) is 0 Å². The predicted molar refractivity (Wildman–Crippen MR) is 57.0 cm³/mol. The van der Waals surface area contributed by atoms with E-state index in [9.17, 15) is 0 Å². The summed E-state index contributed by atoms with van der Waals surface area (Å²) in [5, 5.41) is 3.78. The largest absolute Gasteiger partial charge is 0.388 e. The van der Waals surface area contributed by atoms with Crippen LogP contribution in [0.5, 0.6) is 0 Å². The first-order valence-electron chi connectivity index (χ1n) is 4.17. The van der Waals surface area contributed by atoms with Crippen LogP contribution < -0.4 is 5.32 Å². The maximum atomic E-state index is 3.13. The molecule has 0 aliphatic carbocycles. The number of rotatable bonds is 3. The van der Waals surface area contributed by atoms with E-state index in [0.29, 0.717) is 5.25 Å². The van der Waals surface area contributed by atoms with Gasteiger partial charge in [-0.05, 0) is 18.2 Å². The van der Waals surface area contributed by atoms with Gasteiger partial charge in [0.25, 0.3) is 0 Å². The van der Waals surface area contributed by atoms with Crippen molar-refractivity contribution in [2.75, 3.05) is 12.4 Å². The summed E-state index contributed by atoms with van der Waals surface area (Å²) in [5.41, 5.74) is 1.18. The van der Waals surface area contributed by atoms with Crippen molar-refractivity contribution in [3.63, 3.8) is 0 Å². The summed E-state index contributed by atoms with van der Waals surface area (Å²) in [7, 11) is 1.94. The number of hydrogen-bond acceptors (Lipinski definition) is 2. The standard InChI is InChI=1S/C10H15NS/c1-8(2)12-10-6-4-5-9(7-10)11-3/h4-8,11H,1-3H3. The molecule has 66 valence electrons. The van der Waals surface area contributed by atoms with Crippen LogP contribution in [0, 0.1) is 0 Å². The van der Waals surface area contributed by atoms with E-state index in [1.165, 1.54) is 10.6 Å².